The first-order valence-corrected chi connectivity index (χ1v) is 8.65. The minimum atomic E-state index is -0.420. The van der Waals surface area contributed by atoms with E-state index in [1.807, 2.05) is 6.92 Å². The number of carbonyl (C=O) groups is 1. The maximum atomic E-state index is 12.3. The van der Waals surface area contributed by atoms with E-state index in [1.54, 1.807) is 12.1 Å². The van der Waals surface area contributed by atoms with Gasteiger partial charge in [0.2, 0.25) is 5.91 Å². The molecule has 1 aliphatic carbocycles. The molecule has 0 aliphatic heterocycles. The molecule has 2 rings (SSSR count). The quantitative estimate of drug-likeness (QED) is 0.386. The number of amides is 1. The summed E-state index contributed by atoms with van der Waals surface area (Å²) in [6.45, 7) is 1.87. The lowest BCUT2D eigenvalue weighted by Crippen LogP contribution is -2.39. The van der Waals surface area contributed by atoms with Crippen LogP contribution in [0.25, 0.3) is 0 Å². The number of rotatable bonds is 5. The predicted octanol–water partition coefficient (Wildman–Crippen LogP) is 3.91. The second-order valence-electron chi connectivity index (χ2n) is 5.71. The Kier molecular flexibility index (Phi) is 6.24. The Labute approximate surface area is 135 Å². The van der Waals surface area contributed by atoms with E-state index < -0.39 is 4.92 Å². The van der Waals surface area contributed by atoms with Crippen molar-refractivity contribution in [1.82, 2.24) is 5.32 Å². The van der Waals surface area contributed by atoms with Gasteiger partial charge in [-0.15, -0.1) is 11.8 Å². The first-order chi connectivity index (χ1) is 10.6. The summed E-state index contributed by atoms with van der Waals surface area (Å²) >= 11 is 1.43. The highest BCUT2D eigenvalue weighted by Gasteiger charge is 2.20. The fraction of sp³-hybridized carbons (Fsp3) is 0.562. The Bertz CT molecular complexity index is 511. The average Bonchev–Trinajstić information content (AvgIpc) is 2.76. The molecule has 120 valence electrons. The van der Waals surface area contributed by atoms with E-state index in [0.29, 0.717) is 6.04 Å². The first kappa shape index (κ1) is 16.8. The van der Waals surface area contributed by atoms with E-state index in [-0.39, 0.29) is 16.8 Å². The van der Waals surface area contributed by atoms with Crippen LogP contribution in [0.5, 0.6) is 0 Å². The van der Waals surface area contributed by atoms with Crippen molar-refractivity contribution >= 4 is 23.4 Å². The van der Waals surface area contributed by atoms with Crippen molar-refractivity contribution in [3.8, 4) is 0 Å². The Morgan fingerprint density at radius 3 is 2.36 bits per heavy atom. The molecule has 1 fully saturated rings. The van der Waals surface area contributed by atoms with Gasteiger partial charge in [-0.05, 0) is 31.9 Å². The zero-order chi connectivity index (χ0) is 15.9. The van der Waals surface area contributed by atoms with Gasteiger partial charge in [0.1, 0.15) is 0 Å². The van der Waals surface area contributed by atoms with Gasteiger partial charge in [0.25, 0.3) is 5.69 Å². The zero-order valence-electron chi connectivity index (χ0n) is 12.8. The van der Waals surface area contributed by atoms with Crippen molar-refractivity contribution in [2.75, 3.05) is 0 Å². The molecule has 1 amide bonds. The van der Waals surface area contributed by atoms with Crippen LogP contribution < -0.4 is 5.32 Å². The third-order valence-electron chi connectivity index (χ3n) is 3.93. The first-order valence-electron chi connectivity index (χ1n) is 7.78. The van der Waals surface area contributed by atoms with Crippen molar-refractivity contribution in [3.63, 3.8) is 0 Å². The highest BCUT2D eigenvalue weighted by atomic mass is 32.2. The van der Waals surface area contributed by atoms with Crippen molar-refractivity contribution in [1.29, 1.82) is 0 Å². The van der Waals surface area contributed by atoms with Crippen molar-refractivity contribution in [3.05, 3.63) is 34.4 Å². The third-order valence-corrected chi connectivity index (χ3v) is 5.04. The summed E-state index contributed by atoms with van der Waals surface area (Å²) in [5.41, 5.74) is 0.0694. The molecule has 0 unspecified atom stereocenters. The van der Waals surface area contributed by atoms with E-state index in [9.17, 15) is 14.9 Å². The van der Waals surface area contributed by atoms with Gasteiger partial charge in [0.15, 0.2) is 0 Å². The number of non-ortho nitro benzene ring substituents is 1. The topological polar surface area (TPSA) is 72.2 Å². The number of hydrogen-bond acceptors (Lipinski definition) is 4. The van der Waals surface area contributed by atoms with Crippen LogP contribution in [0.15, 0.2) is 29.2 Å². The number of nitrogens with zero attached hydrogens (tertiary/aromatic N) is 1. The Morgan fingerprint density at radius 2 is 1.82 bits per heavy atom. The van der Waals surface area contributed by atoms with Gasteiger partial charge in [-0.2, -0.15) is 0 Å². The van der Waals surface area contributed by atoms with E-state index in [2.05, 4.69) is 5.32 Å². The lowest BCUT2D eigenvalue weighted by atomic mass is 10.1. The highest BCUT2D eigenvalue weighted by molar-refractivity contribution is 8.00. The maximum absolute atomic E-state index is 12.3. The third kappa shape index (κ3) is 5.02. The van der Waals surface area contributed by atoms with Gasteiger partial charge in [-0.1, -0.05) is 25.7 Å². The molecule has 0 saturated heterocycles. The summed E-state index contributed by atoms with van der Waals surface area (Å²) in [7, 11) is 0. The number of nitrogens with one attached hydrogen (secondary N) is 1. The van der Waals surface area contributed by atoms with Crippen LogP contribution in [0, 0.1) is 10.1 Å². The molecule has 22 heavy (non-hydrogen) atoms. The molecule has 1 N–H and O–H groups in total. The predicted molar refractivity (Wildman–Crippen MR) is 88.0 cm³/mol. The standard InChI is InChI=1S/C16H22N2O3S/c1-12(16(19)17-13-6-4-2-3-5-7-13)22-15-10-8-14(9-11-15)18(20)21/h8-13H,2-7H2,1H3,(H,17,19)/t12-/m0/s1. The second kappa shape index (κ2) is 8.17. The van der Waals surface area contributed by atoms with Gasteiger partial charge in [-0.25, -0.2) is 0 Å². The number of benzene rings is 1. The Hall–Kier alpha value is -1.56. The molecule has 1 saturated carbocycles. The van der Waals surface area contributed by atoms with Crippen molar-refractivity contribution in [2.24, 2.45) is 0 Å². The molecular formula is C16H22N2O3S. The number of carbonyl (C=O) groups excluding carboxylic acids is 1. The van der Waals surface area contributed by atoms with Gasteiger partial charge >= 0.3 is 0 Å². The molecule has 0 bridgehead atoms. The zero-order valence-corrected chi connectivity index (χ0v) is 13.6. The van der Waals surface area contributed by atoms with Crippen molar-refractivity contribution in [2.45, 2.75) is 61.6 Å². The minimum Gasteiger partial charge on any atom is -0.352 e. The smallest absolute Gasteiger partial charge is 0.269 e. The van der Waals surface area contributed by atoms with Crippen molar-refractivity contribution < 1.29 is 9.72 Å². The van der Waals surface area contributed by atoms with Crippen LogP contribution in [0.4, 0.5) is 5.69 Å². The highest BCUT2D eigenvalue weighted by Crippen LogP contribution is 2.26. The molecule has 1 aliphatic rings. The van der Waals surface area contributed by atoms with Crippen LogP contribution in [-0.4, -0.2) is 22.1 Å². The molecule has 1 atom stereocenters. The van der Waals surface area contributed by atoms with E-state index in [1.165, 1.54) is 49.6 Å². The average molecular weight is 322 g/mol. The van der Waals surface area contributed by atoms with E-state index in [0.717, 1.165) is 17.7 Å². The lowest BCUT2D eigenvalue weighted by Gasteiger charge is -2.19. The molecule has 6 heteroatoms. The molecule has 0 aromatic heterocycles. The van der Waals surface area contributed by atoms with Crippen LogP contribution >= 0.6 is 11.8 Å². The lowest BCUT2D eigenvalue weighted by molar-refractivity contribution is -0.384. The summed E-state index contributed by atoms with van der Waals surface area (Å²) in [4.78, 5) is 23.3. The van der Waals surface area contributed by atoms with Crippen LogP contribution in [0.2, 0.25) is 0 Å². The molecule has 1 aromatic carbocycles. The fourth-order valence-electron chi connectivity index (χ4n) is 2.65. The molecule has 0 spiro atoms. The summed E-state index contributed by atoms with van der Waals surface area (Å²) < 4.78 is 0. The summed E-state index contributed by atoms with van der Waals surface area (Å²) in [6, 6.07) is 6.63. The van der Waals surface area contributed by atoms with E-state index >= 15 is 0 Å². The molecule has 1 aromatic rings. The normalized spacial score (nSPS) is 17.5. The summed E-state index contributed by atoms with van der Waals surface area (Å²) in [5, 5.41) is 13.6. The summed E-state index contributed by atoms with van der Waals surface area (Å²) in [5.74, 6) is 0.0512. The van der Waals surface area contributed by atoms with Crippen LogP contribution in [-0.2, 0) is 4.79 Å². The van der Waals surface area contributed by atoms with Crippen LogP contribution in [0.1, 0.15) is 45.4 Å². The van der Waals surface area contributed by atoms with Gasteiger partial charge < -0.3 is 5.32 Å². The largest absolute Gasteiger partial charge is 0.352 e. The number of thioether (sulfide) groups is 1. The fourth-order valence-corrected chi connectivity index (χ4v) is 3.52. The number of nitro benzene ring substituents is 1. The van der Waals surface area contributed by atoms with Gasteiger partial charge in [-0.3, -0.25) is 14.9 Å². The Morgan fingerprint density at radius 1 is 1.23 bits per heavy atom. The minimum absolute atomic E-state index is 0.0512. The van der Waals surface area contributed by atoms with Gasteiger partial charge in [0.05, 0.1) is 10.2 Å². The Balaban J connectivity index is 1.86. The maximum Gasteiger partial charge on any atom is 0.269 e. The number of nitro groups is 1. The van der Waals surface area contributed by atoms with Gasteiger partial charge in [0, 0.05) is 23.1 Å². The summed E-state index contributed by atoms with van der Waals surface area (Å²) in [6.07, 6.45) is 7.05. The second-order valence-corrected chi connectivity index (χ2v) is 7.12. The molecule has 5 nitrogen and oxygen atoms in total. The monoisotopic (exact) mass is 322 g/mol. The van der Waals surface area contributed by atoms with E-state index in [4.69, 9.17) is 0 Å². The SMILES string of the molecule is C[C@H](Sc1ccc([N+](=O)[O-])cc1)C(=O)NC1CCCCCC1. The van der Waals surface area contributed by atoms with Crippen LogP contribution in [0.3, 0.4) is 0 Å². The molecular weight excluding hydrogens is 300 g/mol. The number of hydrogen-bond donors (Lipinski definition) is 1. The molecule has 0 heterocycles. The molecule has 0 radical (unpaired) electrons.